The quantitative estimate of drug-likeness (QED) is 0.500. The van der Waals surface area contributed by atoms with E-state index in [1.165, 1.54) is 18.6 Å². The number of ether oxygens (including phenoxy) is 1. The van der Waals surface area contributed by atoms with Crippen molar-refractivity contribution >= 4 is 29.4 Å². The summed E-state index contributed by atoms with van der Waals surface area (Å²) in [4.78, 5) is 13.5. The van der Waals surface area contributed by atoms with Crippen LogP contribution in [0.3, 0.4) is 0 Å². The minimum atomic E-state index is -0.429. The number of hydrogen-bond donors (Lipinski definition) is 0. The van der Waals surface area contributed by atoms with Gasteiger partial charge in [-0.15, -0.1) is 11.3 Å². The van der Waals surface area contributed by atoms with Crippen molar-refractivity contribution in [1.82, 2.24) is 9.78 Å². The van der Waals surface area contributed by atoms with Crippen molar-refractivity contribution in [3.63, 3.8) is 0 Å². The van der Waals surface area contributed by atoms with Crippen LogP contribution in [0.1, 0.15) is 31.1 Å². The monoisotopic (exact) mass is 378 g/mol. The lowest BCUT2D eigenvalue weighted by Crippen LogP contribution is -2.19. The topological polar surface area (TPSA) is 67.9 Å². The number of carbonyl (C=O) groups is 1. The molecule has 0 aliphatic heterocycles. The second-order valence-corrected chi connectivity index (χ2v) is 6.33. The molecule has 0 atom stereocenters. The SMILES string of the molecule is CC.CCOC(=O)c1c([B]C#N)sc(-c2ccn(C)n2)c1-c1ccccc1. The third-order valence-corrected chi connectivity index (χ3v) is 4.78. The molecular formula is C20H21BN3O2S. The average Bonchev–Trinajstić information content (AvgIpc) is 3.28. The summed E-state index contributed by atoms with van der Waals surface area (Å²) in [6.45, 7) is 6.04. The molecule has 137 valence electrons. The number of nitriles is 1. The van der Waals surface area contributed by atoms with E-state index in [9.17, 15) is 4.79 Å². The smallest absolute Gasteiger partial charge is 0.339 e. The summed E-state index contributed by atoms with van der Waals surface area (Å²) in [5.41, 5.74) is 2.82. The van der Waals surface area contributed by atoms with Gasteiger partial charge in [-0.05, 0) is 23.3 Å². The predicted octanol–water partition coefficient (Wildman–Crippen LogP) is 3.83. The Labute approximate surface area is 164 Å². The van der Waals surface area contributed by atoms with E-state index in [0.717, 1.165) is 21.7 Å². The Bertz CT molecular complexity index is 942. The minimum absolute atomic E-state index is 0.272. The number of carbonyl (C=O) groups excluding carboxylic acids is 1. The number of benzene rings is 1. The van der Waals surface area contributed by atoms with Gasteiger partial charge < -0.3 is 4.74 Å². The molecule has 0 unspecified atom stereocenters. The maximum absolute atomic E-state index is 12.6. The van der Waals surface area contributed by atoms with Crippen LogP contribution in [0.5, 0.6) is 0 Å². The zero-order valence-electron chi connectivity index (χ0n) is 15.9. The molecule has 0 N–H and O–H groups in total. The molecule has 0 amide bonds. The fourth-order valence-electron chi connectivity index (χ4n) is 2.61. The number of esters is 1. The van der Waals surface area contributed by atoms with E-state index in [1.807, 2.05) is 69.5 Å². The van der Waals surface area contributed by atoms with Crippen molar-refractivity contribution in [2.45, 2.75) is 20.8 Å². The second-order valence-electron chi connectivity index (χ2n) is 5.28. The summed E-state index contributed by atoms with van der Waals surface area (Å²) >= 11 is 1.37. The van der Waals surface area contributed by atoms with Gasteiger partial charge in [-0.1, -0.05) is 44.2 Å². The van der Waals surface area contributed by atoms with E-state index < -0.39 is 5.97 Å². The summed E-state index contributed by atoms with van der Waals surface area (Å²) in [6, 6.07) is 11.5. The first-order valence-corrected chi connectivity index (χ1v) is 9.59. The Morgan fingerprint density at radius 2 is 2.00 bits per heavy atom. The minimum Gasteiger partial charge on any atom is -0.462 e. The van der Waals surface area contributed by atoms with Gasteiger partial charge in [0, 0.05) is 24.8 Å². The molecule has 27 heavy (non-hydrogen) atoms. The molecule has 7 heteroatoms. The summed E-state index contributed by atoms with van der Waals surface area (Å²) in [5.74, 6) is 1.59. The molecule has 2 heterocycles. The highest BCUT2D eigenvalue weighted by atomic mass is 32.1. The van der Waals surface area contributed by atoms with Crippen LogP contribution in [0.4, 0.5) is 0 Å². The van der Waals surface area contributed by atoms with Gasteiger partial charge in [0.25, 0.3) is 0 Å². The lowest BCUT2D eigenvalue weighted by molar-refractivity contribution is 0.0529. The van der Waals surface area contributed by atoms with Gasteiger partial charge in [-0.2, -0.15) is 5.10 Å². The van der Waals surface area contributed by atoms with E-state index in [1.54, 1.807) is 11.6 Å². The Hall–Kier alpha value is -2.85. The van der Waals surface area contributed by atoms with Gasteiger partial charge in [0.2, 0.25) is 0 Å². The van der Waals surface area contributed by atoms with Gasteiger partial charge >= 0.3 is 13.2 Å². The number of thiophene rings is 1. The van der Waals surface area contributed by atoms with Crippen LogP contribution in [0.15, 0.2) is 42.6 Å². The molecule has 3 aromatic rings. The summed E-state index contributed by atoms with van der Waals surface area (Å²) in [5, 5.41) is 13.6. The van der Waals surface area contributed by atoms with Gasteiger partial charge in [0.05, 0.1) is 17.0 Å². The van der Waals surface area contributed by atoms with Crippen LogP contribution in [0.25, 0.3) is 21.7 Å². The highest BCUT2D eigenvalue weighted by molar-refractivity contribution is 7.26. The maximum Gasteiger partial charge on any atom is 0.339 e. The molecule has 2 aromatic heterocycles. The zero-order valence-corrected chi connectivity index (χ0v) is 16.7. The Morgan fingerprint density at radius 3 is 2.56 bits per heavy atom. The first-order chi connectivity index (χ1) is 13.2. The van der Waals surface area contributed by atoms with Gasteiger partial charge in [-0.25, -0.2) is 10.1 Å². The second kappa shape index (κ2) is 9.74. The number of nitrogens with zero attached hydrogens (tertiary/aromatic N) is 3. The molecule has 0 saturated carbocycles. The van der Waals surface area contributed by atoms with Crippen molar-refractivity contribution in [3.8, 4) is 27.7 Å². The number of hydrogen-bond acceptors (Lipinski definition) is 5. The van der Waals surface area contributed by atoms with E-state index in [2.05, 4.69) is 5.10 Å². The average molecular weight is 378 g/mol. The lowest BCUT2D eigenvalue weighted by atomic mass is 9.76. The number of rotatable bonds is 5. The first kappa shape index (κ1) is 20.5. The molecular weight excluding hydrogens is 357 g/mol. The Morgan fingerprint density at radius 1 is 1.30 bits per heavy atom. The standard InChI is InChI=1S/C18H15BN3O2S.C2H6/c1-3-24-18(23)15-14(12-7-5-4-6-8-12)16(25-17(15)19-11-20)13-9-10-22(2)21-13;1-2/h4-10H,3H2,1-2H3;1-2H3. The molecule has 1 aromatic carbocycles. The number of aromatic nitrogens is 2. The van der Waals surface area contributed by atoms with Crippen LogP contribution in [0.2, 0.25) is 0 Å². The Balaban J connectivity index is 0.00000126. The lowest BCUT2D eigenvalue weighted by Gasteiger charge is -2.08. The van der Waals surface area contributed by atoms with Crippen LogP contribution in [0, 0.1) is 11.2 Å². The molecule has 0 bridgehead atoms. The largest absolute Gasteiger partial charge is 0.462 e. The van der Waals surface area contributed by atoms with Crippen molar-refractivity contribution in [2.24, 2.45) is 7.05 Å². The third-order valence-electron chi connectivity index (χ3n) is 3.62. The molecule has 0 spiro atoms. The van der Waals surface area contributed by atoms with E-state index in [-0.39, 0.29) is 6.61 Å². The molecule has 3 rings (SSSR count). The van der Waals surface area contributed by atoms with Crippen molar-refractivity contribution in [1.29, 1.82) is 5.26 Å². The van der Waals surface area contributed by atoms with Gasteiger partial charge in [0.15, 0.2) is 0 Å². The van der Waals surface area contributed by atoms with Crippen molar-refractivity contribution in [2.75, 3.05) is 6.61 Å². The van der Waals surface area contributed by atoms with Crippen LogP contribution in [-0.2, 0) is 11.8 Å². The summed E-state index contributed by atoms with van der Waals surface area (Å²) < 4.78 is 7.54. The van der Waals surface area contributed by atoms with Crippen LogP contribution >= 0.6 is 11.3 Å². The summed E-state index contributed by atoms with van der Waals surface area (Å²) in [6.07, 6.45) is 1.85. The highest BCUT2D eigenvalue weighted by Gasteiger charge is 2.27. The molecule has 0 saturated heterocycles. The van der Waals surface area contributed by atoms with Gasteiger partial charge in [-0.3, -0.25) is 4.68 Å². The Kier molecular flexibility index (Phi) is 7.39. The normalized spacial score (nSPS) is 9.74. The van der Waals surface area contributed by atoms with Crippen molar-refractivity contribution < 1.29 is 9.53 Å². The van der Waals surface area contributed by atoms with E-state index >= 15 is 0 Å². The molecule has 1 radical (unpaired) electrons. The van der Waals surface area contributed by atoms with Crippen molar-refractivity contribution in [3.05, 3.63) is 48.2 Å². The fourth-order valence-corrected chi connectivity index (χ4v) is 3.77. The molecule has 0 aliphatic carbocycles. The highest BCUT2D eigenvalue weighted by Crippen LogP contribution is 2.38. The van der Waals surface area contributed by atoms with Crippen LogP contribution in [-0.4, -0.2) is 29.6 Å². The summed E-state index contributed by atoms with van der Waals surface area (Å²) in [7, 11) is 3.23. The molecule has 0 aliphatic rings. The molecule has 5 nitrogen and oxygen atoms in total. The van der Waals surface area contributed by atoms with Crippen LogP contribution < -0.4 is 4.78 Å². The predicted molar refractivity (Wildman–Crippen MR) is 110 cm³/mol. The van der Waals surface area contributed by atoms with Gasteiger partial charge in [0.1, 0.15) is 5.69 Å². The fraction of sp³-hybridized carbons (Fsp3) is 0.250. The van der Waals surface area contributed by atoms with E-state index in [4.69, 9.17) is 10.00 Å². The number of aryl methyl sites for hydroxylation is 1. The third kappa shape index (κ3) is 4.47. The van der Waals surface area contributed by atoms with E-state index in [0.29, 0.717) is 10.3 Å². The first-order valence-electron chi connectivity index (χ1n) is 8.77. The molecule has 0 fully saturated rings. The zero-order chi connectivity index (χ0) is 19.8. The maximum atomic E-state index is 12.6.